The van der Waals surface area contributed by atoms with E-state index in [1.165, 1.54) is 148 Å². The van der Waals surface area contributed by atoms with Crippen molar-refractivity contribution in [1.82, 2.24) is 0 Å². The Hall–Kier alpha value is -0.600. The first-order valence-corrected chi connectivity index (χ1v) is 26.6. The Kier molecular flexibility index (Phi) is 12.4. The average Bonchev–Trinajstić information content (AvgIpc) is 4.04. The first-order valence-electron chi connectivity index (χ1n) is 26.6. The molecule has 0 aliphatic heterocycles. The Bertz CT molecular complexity index is 1470. The second-order valence-corrected chi connectivity index (χ2v) is 25.2. The molecule has 17 atom stereocenters. The third kappa shape index (κ3) is 7.55. The molecule has 0 spiro atoms. The third-order valence-electron chi connectivity index (χ3n) is 22.8. The molecule has 0 aromatic carbocycles. The summed E-state index contributed by atoms with van der Waals surface area (Å²) < 4.78 is 0. The van der Waals surface area contributed by atoms with E-state index in [0.717, 1.165) is 103 Å². The lowest BCUT2D eigenvalue weighted by Gasteiger charge is -2.61. The van der Waals surface area contributed by atoms with Crippen LogP contribution in [0.1, 0.15) is 215 Å². The highest BCUT2D eigenvalue weighted by Crippen LogP contribution is 2.69. The summed E-state index contributed by atoms with van der Waals surface area (Å²) in [5, 5.41) is 20.5. The maximum absolute atomic E-state index is 10.3. The van der Waals surface area contributed by atoms with E-state index in [2.05, 4.69) is 59.8 Å². The van der Waals surface area contributed by atoms with Crippen LogP contribution in [0.5, 0.6) is 0 Å². The monoisotopic (exact) mass is 797 g/mol. The Morgan fingerprint density at radius 1 is 0.621 bits per heavy atom. The molecule has 10 aliphatic rings. The van der Waals surface area contributed by atoms with Gasteiger partial charge >= 0.3 is 0 Å². The Balaban J connectivity index is 0.000000150. The first-order chi connectivity index (χ1) is 27.8. The molecule has 10 rings (SSSR count). The fourth-order valence-corrected chi connectivity index (χ4v) is 19.4. The van der Waals surface area contributed by atoms with Gasteiger partial charge in [0.15, 0.2) is 0 Å². The normalized spacial score (nSPS) is 50.1. The quantitative estimate of drug-likeness (QED) is 0.252. The zero-order valence-corrected chi connectivity index (χ0v) is 38.9. The Labute approximate surface area is 358 Å². The summed E-state index contributed by atoms with van der Waals surface area (Å²) in [5.41, 5.74) is 3.72. The number of hydrogen-bond donors (Lipinski definition) is 2. The van der Waals surface area contributed by atoms with Gasteiger partial charge in [0.1, 0.15) is 0 Å². The van der Waals surface area contributed by atoms with E-state index in [1.807, 2.05) is 0 Å². The van der Waals surface area contributed by atoms with Gasteiger partial charge in [-0.1, -0.05) is 117 Å². The van der Waals surface area contributed by atoms with Gasteiger partial charge in [-0.05, 0) is 221 Å². The van der Waals surface area contributed by atoms with Gasteiger partial charge in [-0.15, -0.1) is 0 Å². The summed E-state index contributed by atoms with van der Waals surface area (Å²) >= 11 is 0. The number of aliphatic hydroxyl groups is 2. The average molecular weight is 797 g/mol. The molecule has 0 bridgehead atoms. The second-order valence-electron chi connectivity index (χ2n) is 25.2. The number of rotatable bonds is 7. The van der Waals surface area contributed by atoms with Gasteiger partial charge < -0.3 is 10.2 Å². The smallest absolute Gasteiger partial charge is 0.0577 e. The molecule has 9 saturated carbocycles. The lowest BCUT2D eigenvalue weighted by atomic mass is 9.44. The highest BCUT2D eigenvalue weighted by atomic mass is 16.3. The van der Waals surface area contributed by atoms with Gasteiger partial charge in [0, 0.05) is 0 Å². The molecule has 9 fully saturated rings. The van der Waals surface area contributed by atoms with Gasteiger partial charge in [0.25, 0.3) is 0 Å². The van der Waals surface area contributed by atoms with E-state index in [4.69, 9.17) is 0 Å². The molecule has 0 heterocycles. The summed E-state index contributed by atoms with van der Waals surface area (Å²) in [6.07, 6.45) is 45.2. The maximum atomic E-state index is 10.3. The van der Waals surface area contributed by atoms with Crippen molar-refractivity contribution >= 4 is 0 Å². The summed E-state index contributed by atoms with van der Waals surface area (Å²) in [6.45, 7) is 15.8. The van der Waals surface area contributed by atoms with Crippen molar-refractivity contribution < 1.29 is 10.2 Å². The van der Waals surface area contributed by atoms with Crippen LogP contribution in [0.4, 0.5) is 0 Å². The van der Waals surface area contributed by atoms with Crippen molar-refractivity contribution in [3.8, 4) is 0 Å². The molecule has 1 unspecified atom stereocenters. The van der Waals surface area contributed by atoms with Crippen LogP contribution in [0.15, 0.2) is 23.8 Å². The van der Waals surface area contributed by atoms with Crippen LogP contribution in [0.25, 0.3) is 0 Å². The molecule has 2 N–H and O–H groups in total. The molecular formula is C56H92O2. The zero-order chi connectivity index (χ0) is 40.5. The predicted octanol–water partition coefficient (Wildman–Crippen LogP) is 14.9. The van der Waals surface area contributed by atoms with Crippen LogP contribution < -0.4 is 0 Å². The van der Waals surface area contributed by atoms with Crippen molar-refractivity contribution in [3.63, 3.8) is 0 Å². The van der Waals surface area contributed by atoms with E-state index >= 15 is 0 Å². The van der Waals surface area contributed by atoms with E-state index in [9.17, 15) is 10.2 Å². The van der Waals surface area contributed by atoms with Gasteiger partial charge in [-0.25, -0.2) is 0 Å². The highest BCUT2D eigenvalue weighted by molar-refractivity contribution is 5.25. The minimum atomic E-state index is -0.0805. The highest BCUT2D eigenvalue weighted by Gasteiger charge is 2.61. The summed E-state index contributed by atoms with van der Waals surface area (Å²) in [4.78, 5) is 0. The largest absolute Gasteiger partial charge is 0.393 e. The van der Waals surface area contributed by atoms with Crippen LogP contribution in [-0.2, 0) is 0 Å². The van der Waals surface area contributed by atoms with E-state index in [0.29, 0.717) is 21.7 Å². The van der Waals surface area contributed by atoms with Crippen molar-refractivity contribution in [3.05, 3.63) is 23.8 Å². The molecule has 0 saturated heterocycles. The molecule has 58 heavy (non-hydrogen) atoms. The molecule has 10 aliphatic carbocycles. The first kappa shape index (κ1) is 42.7. The molecule has 2 nitrogen and oxygen atoms in total. The van der Waals surface area contributed by atoms with Crippen LogP contribution in [0.3, 0.4) is 0 Å². The van der Waals surface area contributed by atoms with Crippen LogP contribution in [0, 0.1) is 98.6 Å². The number of aliphatic hydroxyl groups excluding tert-OH is 2. The minimum Gasteiger partial charge on any atom is -0.393 e. The van der Waals surface area contributed by atoms with Crippen molar-refractivity contribution in [2.24, 2.45) is 98.6 Å². The molecule has 2 heteroatoms. The molecule has 0 amide bonds. The summed E-state index contributed by atoms with van der Waals surface area (Å²) in [5.74, 6) is 12.0. The molecule has 0 aromatic rings. The Morgan fingerprint density at radius 2 is 1.24 bits per heavy atom. The fourth-order valence-electron chi connectivity index (χ4n) is 19.4. The topological polar surface area (TPSA) is 40.5 Å². The van der Waals surface area contributed by atoms with Crippen LogP contribution >= 0.6 is 0 Å². The Morgan fingerprint density at radius 3 is 2.00 bits per heavy atom. The number of hydrogen-bond acceptors (Lipinski definition) is 2. The van der Waals surface area contributed by atoms with E-state index < -0.39 is 0 Å². The van der Waals surface area contributed by atoms with Crippen LogP contribution in [-0.4, -0.2) is 22.4 Å². The molecule has 328 valence electrons. The molecule has 0 aromatic heterocycles. The third-order valence-corrected chi connectivity index (χ3v) is 22.8. The van der Waals surface area contributed by atoms with Crippen molar-refractivity contribution in [1.29, 1.82) is 0 Å². The summed E-state index contributed by atoms with van der Waals surface area (Å²) in [6, 6.07) is 0. The van der Waals surface area contributed by atoms with E-state index in [1.54, 1.807) is 5.57 Å². The van der Waals surface area contributed by atoms with Crippen molar-refractivity contribution in [2.45, 2.75) is 227 Å². The number of fused-ring (bicyclic) bond motifs is 10. The van der Waals surface area contributed by atoms with Gasteiger partial charge in [-0.3, -0.25) is 0 Å². The van der Waals surface area contributed by atoms with E-state index in [-0.39, 0.29) is 12.2 Å². The SMILES string of the molecule is C[C@H](/C=C/C1CCCC1)[C@H]1CC[C@H]2[C@@H]3CC=C4C[C@@H](O)CC[C@]4(C)[C@H]3CC[C@]12C.C[C@H](CCC1CCCC1)[C@H]1CC[C@H]2[C@@H]3CCC4C[C@@H](O)CC[C@]4(C)[C@H]3CC[C@]12C. The standard InChI is InChI=1S/C28H48O.C28H44O/c2*1-19(8-9-20-6-4-5-7-20)24-12-13-25-23-11-10-21-18-22(29)14-16-27(21,2)26(23)15-17-28(24,25)3/h19-26,29H,4-18H2,1-3H3;8-10,19-20,22-26,29H,4-7,11-18H2,1-3H3/b;9-8+/t19-,21?,22+,23+,24-,25+,26+,27+,28-;19-,22+,23+,24-,25+,26+,27+,28-/m11/s1. The lowest BCUT2D eigenvalue weighted by Crippen LogP contribution is -2.54. The second kappa shape index (κ2) is 16.8. The predicted molar refractivity (Wildman–Crippen MR) is 243 cm³/mol. The van der Waals surface area contributed by atoms with Crippen molar-refractivity contribution in [2.75, 3.05) is 0 Å². The fraction of sp³-hybridized carbons (Fsp3) is 0.929. The maximum Gasteiger partial charge on any atom is 0.0577 e. The summed E-state index contributed by atoms with van der Waals surface area (Å²) in [7, 11) is 0. The van der Waals surface area contributed by atoms with Gasteiger partial charge in [0.05, 0.1) is 12.2 Å². The van der Waals surface area contributed by atoms with Crippen LogP contribution in [0.2, 0.25) is 0 Å². The van der Waals surface area contributed by atoms with Gasteiger partial charge in [-0.2, -0.15) is 0 Å². The number of allylic oxidation sites excluding steroid dienone is 3. The molecular weight excluding hydrogens is 705 g/mol. The lowest BCUT2D eigenvalue weighted by molar-refractivity contribution is -0.129. The van der Waals surface area contributed by atoms with Gasteiger partial charge in [0.2, 0.25) is 0 Å². The zero-order valence-electron chi connectivity index (χ0n) is 38.9. The minimum absolute atomic E-state index is 0.00457. The molecule has 0 radical (unpaired) electrons.